The Balaban J connectivity index is 0.685. The van der Waals surface area contributed by atoms with Gasteiger partial charge in [0.2, 0.25) is 0 Å². The van der Waals surface area contributed by atoms with E-state index >= 15 is 0 Å². The van der Waals surface area contributed by atoms with Crippen molar-refractivity contribution in [2.45, 2.75) is 19.3 Å². The van der Waals surface area contributed by atoms with Crippen molar-refractivity contribution < 1.29 is 0 Å². The van der Waals surface area contributed by atoms with Crippen LogP contribution in [0.15, 0.2) is 328 Å². The molecule has 0 fully saturated rings. The topological polar surface area (TPSA) is 18.0 Å². The number of benzene rings is 14. The molecule has 0 aliphatic heterocycles. The van der Waals surface area contributed by atoms with Gasteiger partial charge in [-0.05, 0) is 182 Å². The van der Waals surface area contributed by atoms with Crippen LogP contribution in [-0.2, 0) is 5.41 Å². The summed E-state index contributed by atoms with van der Waals surface area (Å²) in [7, 11) is 0. The summed E-state index contributed by atoms with van der Waals surface area (Å²) >= 11 is 0. The quantitative estimate of drug-likeness (QED) is 0.133. The molecule has 3 aromatic heterocycles. The summed E-state index contributed by atoms with van der Waals surface area (Å²) < 4.78 is 7.20. The van der Waals surface area contributed by atoms with Crippen LogP contribution in [0.1, 0.15) is 25.0 Å². The monoisotopic (exact) mass is 1160 g/mol. The maximum absolute atomic E-state index is 2.45. The minimum Gasteiger partial charge on any atom is -0.310 e. The molecule has 1 aliphatic carbocycles. The number of nitrogens with zero attached hydrogens (tertiary/aromatic N) is 4. The Kier molecular flexibility index (Phi) is 11.9. The maximum Gasteiger partial charge on any atom is 0.0547 e. The molecule has 0 radical (unpaired) electrons. The maximum atomic E-state index is 2.45. The van der Waals surface area contributed by atoms with E-state index in [-0.39, 0.29) is 5.41 Å². The van der Waals surface area contributed by atoms with Crippen molar-refractivity contribution in [1.29, 1.82) is 0 Å². The molecule has 91 heavy (non-hydrogen) atoms. The van der Waals surface area contributed by atoms with E-state index in [1.54, 1.807) is 0 Å². The number of para-hydroxylation sites is 6. The molecule has 0 amide bonds. The molecule has 17 aromatic rings. The molecule has 4 nitrogen and oxygen atoms in total. The minimum atomic E-state index is -0.272. The molecule has 0 N–H and O–H groups in total. The molecule has 14 aromatic carbocycles. The average Bonchev–Trinajstić information content (AvgIpc) is 1.62. The van der Waals surface area contributed by atoms with E-state index in [1.165, 1.54) is 138 Å². The second-order valence-electron chi connectivity index (χ2n) is 24.9. The van der Waals surface area contributed by atoms with Gasteiger partial charge >= 0.3 is 0 Å². The lowest BCUT2D eigenvalue weighted by Gasteiger charge is -2.28. The van der Waals surface area contributed by atoms with Crippen molar-refractivity contribution in [3.8, 4) is 72.7 Å². The Bertz CT molecular complexity index is 5640. The smallest absolute Gasteiger partial charge is 0.0547 e. The van der Waals surface area contributed by atoms with Gasteiger partial charge in [0.25, 0.3) is 0 Å². The van der Waals surface area contributed by atoms with Crippen molar-refractivity contribution in [2.75, 3.05) is 4.90 Å². The molecular formula is C87H60N4. The zero-order valence-corrected chi connectivity index (χ0v) is 50.5. The zero-order chi connectivity index (χ0) is 60.3. The highest BCUT2D eigenvalue weighted by atomic mass is 15.1. The molecule has 0 unspecified atom stereocenters. The van der Waals surface area contributed by atoms with Gasteiger partial charge in [-0.2, -0.15) is 0 Å². The standard InChI is InChI=1S/C87H60N4/c1-87(2)79-55-69(47-50-71(79)72-51-48-70(56-80(72)87)91-82-26-14-9-21-73(82)74-22-10-15-27-83(74)91)88(67-43-37-59(38-44-67)57-29-33-61(34-30-57)63-42-52-85-78(53-63)76-24-12-16-28-84(76)89(85)65-17-5-3-6-18-65)68-45-39-60(40-46-68)58-31-35-62(36-32-58)64-41-49-77-75-23-11-13-25-81(75)90(86(77)54-64)66-19-7-4-8-20-66/h3-56H,1-2H3. The van der Waals surface area contributed by atoms with Gasteiger partial charge < -0.3 is 18.6 Å². The molecule has 0 atom stereocenters. The summed E-state index contributed by atoms with van der Waals surface area (Å²) in [6.07, 6.45) is 0. The van der Waals surface area contributed by atoms with Crippen molar-refractivity contribution in [3.63, 3.8) is 0 Å². The third kappa shape index (κ3) is 8.44. The first-order chi connectivity index (χ1) is 44.9. The van der Waals surface area contributed by atoms with Crippen LogP contribution in [0.3, 0.4) is 0 Å². The summed E-state index contributed by atoms with van der Waals surface area (Å²) in [5.74, 6) is 0. The van der Waals surface area contributed by atoms with Crippen molar-refractivity contribution in [1.82, 2.24) is 13.7 Å². The summed E-state index contributed by atoms with van der Waals surface area (Å²) in [5, 5.41) is 7.56. The van der Waals surface area contributed by atoms with Gasteiger partial charge in [0.1, 0.15) is 0 Å². The van der Waals surface area contributed by atoms with Crippen LogP contribution in [-0.4, -0.2) is 13.7 Å². The SMILES string of the molecule is CC1(C)c2cc(N(c3ccc(-c4ccc(-c5ccc6c(c5)c5ccccc5n6-c5ccccc5)cc4)cc3)c3ccc(-c4ccc(-c5ccc6c7ccccc7n(-c7ccccc7)c6c5)cc4)cc3)ccc2-c2ccc(-n3c4ccccc4c4ccccc43)cc21. The molecule has 0 spiro atoms. The van der Waals surface area contributed by atoms with Crippen molar-refractivity contribution in [3.05, 3.63) is 339 Å². The van der Waals surface area contributed by atoms with E-state index in [2.05, 4.69) is 360 Å². The fourth-order valence-electron chi connectivity index (χ4n) is 15.0. The highest BCUT2D eigenvalue weighted by Crippen LogP contribution is 2.52. The fourth-order valence-corrected chi connectivity index (χ4v) is 15.0. The number of fused-ring (bicyclic) bond motifs is 12. The summed E-state index contributed by atoms with van der Waals surface area (Å²) in [6, 6.07) is 121. The lowest BCUT2D eigenvalue weighted by Crippen LogP contribution is -2.17. The van der Waals surface area contributed by atoms with Crippen LogP contribution >= 0.6 is 0 Å². The Hall–Kier alpha value is -11.7. The van der Waals surface area contributed by atoms with E-state index in [4.69, 9.17) is 0 Å². The normalized spacial score (nSPS) is 12.6. The summed E-state index contributed by atoms with van der Waals surface area (Å²) in [6.45, 7) is 4.79. The molecule has 428 valence electrons. The Morgan fingerprint density at radius 1 is 0.220 bits per heavy atom. The molecular weight excluding hydrogens is 1100 g/mol. The van der Waals surface area contributed by atoms with Crippen LogP contribution in [0.25, 0.3) is 138 Å². The zero-order valence-electron chi connectivity index (χ0n) is 50.5. The van der Waals surface area contributed by atoms with Crippen LogP contribution in [0.4, 0.5) is 17.1 Å². The molecule has 0 saturated carbocycles. The van der Waals surface area contributed by atoms with E-state index in [0.29, 0.717) is 0 Å². The summed E-state index contributed by atoms with van der Waals surface area (Å²) in [4.78, 5) is 2.43. The molecule has 1 aliphatic rings. The predicted octanol–water partition coefficient (Wildman–Crippen LogP) is 23.4. The number of anilines is 3. The second-order valence-corrected chi connectivity index (χ2v) is 24.9. The number of hydrogen-bond donors (Lipinski definition) is 0. The second kappa shape index (κ2) is 20.7. The van der Waals surface area contributed by atoms with E-state index in [1.807, 2.05) is 0 Å². The lowest BCUT2D eigenvalue weighted by atomic mass is 9.82. The van der Waals surface area contributed by atoms with Crippen LogP contribution in [0.5, 0.6) is 0 Å². The number of rotatable bonds is 10. The molecule has 4 heteroatoms. The van der Waals surface area contributed by atoms with Gasteiger partial charge in [-0.1, -0.05) is 226 Å². The summed E-state index contributed by atoms with van der Waals surface area (Å²) in [5.41, 5.74) is 28.5. The van der Waals surface area contributed by atoms with Gasteiger partial charge in [-0.25, -0.2) is 0 Å². The number of aromatic nitrogens is 3. The highest BCUT2D eigenvalue weighted by Gasteiger charge is 2.37. The van der Waals surface area contributed by atoms with Crippen LogP contribution in [0.2, 0.25) is 0 Å². The lowest BCUT2D eigenvalue weighted by molar-refractivity contribution is 0.660. The van der Waals surface area contributed by atoms with Gasteiger partial charge in [0.05, 0.1) is 33.1 Å². The van der Waals surface area contributed by atoms with Crippen molar-refractivity contribution in [2.24, 2.45) is 0 Å². The van der Waals surface area contributed by atoms with Gasteiger partial charge in [-0.15, -0.1) is 0 Å². The Labute approximate surface area is 528 Å². The van der Waals surface area contributed by atoms with E-state index < -0.39 is 0 Å². The van der Waals surface area contributed by atoms with Gasteiger partial charge in [0, 0.05) is 71.9 Å². The third-order valence-corrected chi connectivity index (χ3v) is 19.5. The average molecular weight is 1160 g/mol. The molecule has 3 heterocycles. The first-order valence-electron chi connectivity index (χ1n) is 31.6. The minimum absolute atomic E-state index is 0.272. The molecule has 0 saturated heterocycles. The highest BCUT2D eigenvalue weighted by molar-refractivity contribution is 6.12. The predicted molar refractivity (Wildman–Crippen MR) is 383 cm³/mol. The number of hydrogen-bond acceptors (Lipinski definition) is 1. The first kappa shape index (κ1) is 52.4. The third-order valence-electron chi connectivity index (χ3n) is 19.5. The van der Waals surface area contributed by atoms with Crippen LogP contribution in [0, 0.1) is 0 Å². The Morgan fingerprint density at radius 3 is 1.04 bits per heavy atom. The molecule has 18 rings (SSSR count). The fraction of sp³-hybridized carbons (Fsp3) is 0.0345. The Morgan fingerprint density at radius 2 is 0.549 bits per heavy atom. The molecule has 0 bridgehead atoms. The van der Waals surface area contributed by atoms with E-state index in [9.17, 15) is 0 Å². The largest absolute Gasteiger partial charge is 0.310 e. The van der Waals surface area contributed by atoms with Crippen LogP contribution < -0.4 is 4.90 Å². The van der Waals surface area contributed by atoms with E-state index in [0.717, 1.165) is 28.3 Å². The first-order valence-corrected chi connectivity index (χ1v) is 31.6. The van der Waals surface area contributed by atoms with Gasteiger partial charge in [0.15, 0.2) is 0 Å². The van der Waals surface area contributed by atoms with Gasteiger partial charge in [-0.3, -0.25) is 0 Å². The van der Waals surface area contributed by atoms with Crippen molar-refractivity contribution >= 4 is 82.5 Å².